The first-order valence-corrected chi connectivity index (χ1v) is 13.9. The van der Waals surface area contributed by atoms with Crippen LogP contribution in [0.5, 0.6) is 5.75 Å². The van der Waals surface area contributed by atoms with Crippen molar-refractivity contribution < 1.29 is 31.1 Å². The number of benzene rings is 1. The number of nitrogens with one attached hydrogen (secondary N) is 1. The molecular formula is C20H31N3O7S2. The van der Waals surface area contributed by atoms with E-state index in [4.69, 9.17) is 9.47 Å². The monoisotopic (exact) mass is 489 g/mol. The van der Waals surface area contributed by atoms with Crippen molar-refractivity contribution in [1.82, 2.24) is 13.9 Å². The maximum atomic E-state index is 13.2. The largest absolute Gasteiger partial charge is 0.495 e. The van der Waals surface area contributed by atoms with Crippen LogP contribution < -0.4 is 9.46 Å². The zero-order valence-corrected chi connectivity index (χ0v) is 20.1. The molecule has 0 spiro atoms. The van der Waals surface area contributed by atoms with E-state index in [-0.39, 0.29) is 48.6 Å². The maximum absolute atomic E-state index is 13.2. The predicted octanol–water partition coefficient (Wildman–Crippen LogP) is 0.189. The Morgan fingerprint density at radius 3 is 2.53 bits per heavy atom. The van der Waals surface area contributed by atoms with Crippen LogP contribution in [-0.4, -0.2) is 90.7 Å². The summed E-state index contributed by atoms with van der Waals surface area (Å²) < 4.78 is 63.7. The molecule has 0 saturated carbocycles. The van der Waals surface area contributed by atoms with Gasteiger partial charge in [-0.2, -0.15) is 4.31 Å². The molecule has 180 valence electrons. The second kappa shape index (κ2) is 10.5. The van der Waals surface area contributed by atoms with E-state index in [1.54, 1.807) is 17.0 Å². The van der Waals surface area contributed by atoms with Crippen molar-refractivity contribution in [3.8, 4) is 5.75 Å². The molecule has 1 unspecified atom stereocenters. The summed E-state index contributed by atoms with van der Waals surface area (Å²) in [6, 6.07) is 4.52. The highest BCUT2D eigenvalue weighted by molar-refractivity contribution is 7.89. The Morgan fingerprint density at radius 2 is 1.88 bits per heavy atom. The van der Waals surface area contributed by atoms with Gasteiger partial charge >= 0.3 is 0 Å². The first-order valence-electron chi connectivity index (χ1n) is 10.6. The summed E-state index contributed by atoms with van der Waals surface area (Å²) in [4.78, 5) is 14.8. The van der Waals surface area contributed by atoms with Gasteiger partial charge in [0.2, 0.25) is 26.0 Å². The van der Waals surface area contributed by atoms with E-state index in [1.807, 2.05) is 0 Å². The molecule has 2 aliphatic heterocycles. The number of likely N-dealkylation sites (tertiary alicyclic amines) is 1. The molecule has 0 radical (unpaired) electrons. The molecule has 12 heteroatoms. The van der Waals surface area contributed by atoms with Crippen LogP contribution in [0.2, 0.25) is 0 Å². The quantitative estimate of drug-likeness (QED) is 0.553. The number of piperidine rings is 1. The van der Waals surface area contributed by atoms with Crippen molar-refractivity contribution in [1.29, 1.82) is 0 Å². The fourth-order valence-electron chi connectivity index (χ4n) is 4.02. The fourth-order valence-corrected chi connectivity index (χ4v) is 6.13. The molecule has 3 rings (SSSR count). The number of rotatable bonds is 8. The number of hydrogen-bond acceptors (Lipinski definition) is 7. The normalized spacial score (nSPS) is 20.8. The zero-order valence-electron chi connectivity index (χ0n) is 18.4. The Hall–Kier alpha value is -1.73. The highest BCUT2D eigenvalue weighted by Gasteiger charge is 2.31. The molecule has 1 aromatic rings. The van der Waals surface area contributed by atoms with E-state index in [0.717, 1.165) is 19.1 Å². The predicted molar refractivity (Wildman–Crippen MR) is 118 cm³/mol. The van der Waals surface area contributed by atoms with Crippen LogP contribution >= 0.6 is 0 Å². The van der Waals surface area contributed by atoms with Crippen molar-refractivity contribution in [3.63, 3.8) is 0 Å². The van der Waals surface area contributed by atoms with Gasteiger partial charge in [-0.3, -0.25) is 4.79 Å². The molecule has 2 heterocycles. The van der Waals surface area contributed by atoms with Crippen LogP contribution in [0.15, 0.2) is 23.1 Å². The van der Waals surface area contributed by atoms with E-state index in [0.29, 0.717) is 31.7 Å². The van der Waals surface area contributed by atoms with Crippen LogP contribution in [0.1, 0.15) is 24.8 Å². The van der Waals surface area contributed by atoms with Crippen molar-refractivity contribution in [2.45, 2.75) is 36.6 Å². The standard InChI is InChI=1S/C20H31N3O7S2/c1-29-18-7-6-16(13-19(18)32(27,28)22-9-11-30-12-10-22)14-20(24)23-8-4-3-5-17(23)15-21-31(2,25)26/h6-7,13,17,21H,3-5,8-12,14-15H2,1-2H3. The highest BCUT2D eigenvalue weighted by atomic mass is 32.2. The summed E-state index contributed by atoms with van der Waals surface area (Å²) in [5.74, 6) is 0.0609. The van der Waals surface area contributed by atoms with Gasteiger partial charge in [0.1, 0.15) is 10.6 Å². The van der Waals surface area contributed by atoms with E-state index in [1.165, 1.54) is 17.5 Å². The Labute approximate surface area is 190 Å². The van der Waals surface area contributed by atoms with E-state index >= 15 is 0 Å². The van der Waals surface area contributed by atoms with Gasteiger partial charge in [-0.1, -0.05) is 6.07 Å². The second-order valence-corrected chi connectivity index (χ2v) is 11.8. The van der Waals surface area contributed by atoms with E-state index < -0.39 is 20.0 Å². The van der Waals surface area contributed by atoms with Gasteiger partial charge in [-0.25, -0.2) is 21.6 Å². The lowest BCUT2D eigenvalue weighted by atomic mass is 10.0. The highest BCUT2D eigenvalue weighted by Crippen LogP contribution is 2.29. The van der Waals surface area contributed by atoms with Crippen LogP contribution in [0.25, 0.3) is 0 Å². The number of amides is 1. The minimum atomic E-state index is -3.80. The molecule has 32 heavy (non-hydrogen) atoms. The fraction of sp³-hybridized carbons (Fsp3) is 0.650. The number of ether oxygens (including phenoxy) is 2. The molecule has 1 N–H and O–H groups in total. The SMILES string of the molecule is COc1ccc(CC(=O)N2CCCCC2CNS(C)(=O)=O)cc1S(=O)(=O)N1CCOCC1. The van der Waals surface area contributed by atoms with E-state index in [2.05, 4.69) is 4.72 Å². The van der Waals surface area contributed by atoms with Gasteiger partial charge in [-0.15, -0.1) is 0 Å². The molecule has 0 aliphatic carbocycles. The molecule has 1 atom stereocenters. The van der Waals surface area contributed by atoms with Gasteiger partial charge < -0.3 is 14.4 Å². The smallest absolute Gasteiger partial charge is 0.246 e. The molecular weight excluding hydrogens is 458 g/mol. The molecule has 10 nitrogen and oxygen atoms in total. The number of carbonyl (C=O) groups is 1. The van der Waals surface area contributed by atoms with Crippen molar-refractivity contribution in [2.24, 2.45) is 0 Å². The second-order valence-electron chi connectivity index (χ2n) is 8.04. The van der Waals surface area contributed by atoms with Crippen molar-refractivity contribution in [2.75, 3.05) is 52.8 Å². The third kappa shape index (κ3) is 6.19. The average molecular weight is 490 g/mol. The molecule has 2 fully saturated rings. The van der Waals surface area contributed by atoms with Crippen LogP contribution in [0.4, 0.5) is 0 Å². The summed E-state index contributed by atoms with van der Waals surface area (Å²) in [5.41, 5.74) is 0.558. The Balaban J connectivity index is 1.79. The molecule has 2 aliphatic rings. The summed E-state index contributed by atoms with van der Waals surface area (Å²) in [5, 5.41) is 0. The van der Waals surface area contributed by atoms with Crippen LogP contribution in [0.3, 0.4) is 0 Å². The average Bonchev–Trinajstić information content (AvgIpc) is 2.78. The van der Waals surface area contributed by atoms with Gasteiger partial charge in [0.25, 0.3) is 0 Å². The third-order valence-corrected chi connectivity index (χ3v) is 8.31. The molecule has 1 aromatic carbocycles. The minimum Gasteiger partial charge on any atom is -0.495 e. The zero-order chi connectivity index (χ0) is 23.4. The molecule has 1 amide bonds. The summed E-state index contributed by atoms with van der Waals surface area (Å²) >= 11 is 0. The topological polar surface area (TPSA) is 122 Å². The summed E-state index contributed by atoms with van der Waals surface area (Å²) in [6.07, 6.45) is 3.60. The molecule has 0 bridgehead atoms. The number of nitrogens with zero attached hydrogens (tertiary/aromatic N) is 2. The van der Waals surface area contributed by atoms with Crippen molar-refractivity contribution >= 4 is 26.0 Å². The minimum absolute atomic E-state index is 0.0188. The number of morpholine rings is 1. The van der Waals surface area contributed by atoms with Crippen LogP contribution in [-0.2, 0) is 36.0 Å². The Kier molecular flexibility index (Phi) is 8.15. The first-order chi connectivity index (χ1) is 15.1. The lowest BCUT2D eigenvalue weighted by molar-refractivity contribution is -0.133. The van der Waals surface area contributed by atoms with E-state index in [9.17, 15) is 21.6 Å². The summed E-state index contributed by atoms with van der Waals surface area (Å²) in [6.45, 7) is 1.90. The van der Waals surface area contributed by atoms with Gasteiger partial charge in [0.05, 0.1) is 33.0 Å². The van der Waals surface area contributed by atoms with Gasteiger partial charge in [-0.05, 0) is 37.0 Å². The number of carbonyl (C=O) groups excluding carboxylic acids is 1. The Bertz CT molecular complexity index is 1020. The summed E-state index contributed by atoms with van der Waals surface area (Å²) in [7, 11) is -5.74. The van der Waals surface area contributed by atoms with Crippen LogP contribution in [0, 0.1) is 0 Å². The third-order valence-electron chi connectivity index (χ3n) is 5.70. The van der Waals surface area contributed by atoms with Gasteiger partial charge in [0, 0.05) is 32.2 Å². The maximum Gasteiger partial charge on any atom is 0.246 e. The number of methoxy groups -OCH3 is 1. The number of sulfonamides is 2. The number of hydrogen-bond donors (Lipinski definition) is 1. The Morgan fingerprint density at radius 1 is 1.16 bits per heavy atom. The lowest BCUT2D eigenvalue weighted by Gasteiger charge is -2.36. The first kappa shape index (κ1) is 24.9. The van der Waals surface area contributed by atoms with Gasteiger partial charge in [0.15, 0.2) is 0 Å². The molecule has 0 aromatic heterocycles. The lowest BCUT2D eigenvalue weighted by Crippen LogP contribution is -2.49. The molecule has 2 saturated heterocycles. The van der Waals surface area contributed by atoms with Crippen molar-refractivity contribution in [3.05, 3.63) is 23.8 Å².